The molecule has 0 saturated carbocycles. The normalized spacial score (nSPS) is 11.3. The van der Waals surface area contributed by atoms with Crippen LogP contribution in [0.3, 0.4) is 0 Å². The van der Waals surface area contributed by atoms with Gasteiger partial charge in [-0.15, -0.1) is 10.2 Å². The standard InChI is InChI=1S/C18H13F2N5O2/c1-8-17-24-23-15-13(20)6-10(27-2)7-14(15)25(17)18(22-8)11-5-9(16(21)26)3-4-12(11)19/h3-7H,1-2H3,(H2,21,26). The maximum atomic E-state index is 14.5. The fourth-order valence-corrected chi connectivity index (χ4v) is 2.94. The van der Waals surface area contributed by atoms with Crippen molar-refractivity contribution >= 4 is 22.6 Å². The number of hydrogen-bond acceptors (Lipinski definition) is 5. The van der Waals surface area contributed by atoms with E-state index in [1.165, 1.54) is 29.7 Å². The predicted octanol–water partition coefficient (Wildman–Crippen LogP) is 2.64. The molecule has 0 aliphatic heterocycles. The lowest BCUT2D eigenvalue weighted by Crippen LogP contribution is -2.11. The van der Waals surface area contributed by atoms with Gasteiger partial charge in [0.15, 0.2) is 11.5 Å². The van der Waals surface area contributed by atoms with Crippen molar-refractivity contribution in [1.82, 2.24) is 19.6 Å². The van der Waals surface area contributed by atoms with Crippen LogP contribution in [0.5, 0.6) is 5.75 Å². The van der Waals surface area contributed by atoms with E-state index in [1.54, 1.807) is 13.0 Å². The molecule has 0 saturated heterocycles. The Morgan fingerprint density at radius 3 is 2.63 bits per heavy atom. The van der Waals surface area contributed by atoms with Gasteiger partial charge in [0.25, 0.3) is 0 Å². The summed E-state index contributed by atoms with van der Waals surface area (Å²) in [5, 5.41) is 7.93. The minimum absolute atomic E-state index is 0.0200. The summed E-state index contributed by atoms with van der Waals surface area (Å²) in [6.07, 6.45) is 0. The average molecular weight is 369 g/mol. The van der Waals surface area contributed by atoms with Crippen molar-refractivity contribution in [3.63, 3.8) is 0 Å². The monoisotopic (exact) mass is 369 g/mol. The molecule has 9 heteroatoms. The molecule has 4 rings (SSSR count). The largest absolute Gasteiger partial charge is 0.497 e. The fraction of sp³-hybridized carbons (Fsp3) is 0.111. The predicted molar refractivity (Wildman–Crippen MR) is 93.4 cm³/mol. The zero-order valence-corrected chi connectivity index (χ0v) is 14.3. The molecule has 1 amide bonds. The number of carbonyl (C=O) groups excluding carboxylic acids is 1. The van der Waals surface area contributed by atoms with Crippen molar-refractivity contribution in [1.29, 1.82) is 0 Å². The number of halogens is 2. The van der Waals surface area contributed by atoms with Crippen molar-refractivity contribution in [2.24, 2.45) is 5.73 Å². The summed E-state index contributed by atoms with van der Waals surface area (Å²) >= 11 is 0. The first-order chi connectivity index (χ1) is 12.9. The second-order valence-electron chi connectivity index (χ2n) is 5.92. The Labute approximate surface area is 151 Å². The number of imidazole rings is 1. The van der Waals surface area contributed by atoms with E-state index in [-0.39, 0.29) is 28.2 Å². The van der Waals surface area contributed by atoms with E-state index in [1.807, 2.05) is 0 Å². The molecule has 0 unspecified atom stereocenters. The van der Waals surface area contributed by atoms with Crippen LogP contribution in [0.25, 0.3) is 28.1 Å². The van der Waals surface area contributed by atoms with Crippen LogP contribution in [0, 0.1) is 18.6 Å². The zero-order valence-electron chi connectivity index (χ0n) is 14.3. The van der Waals surface area contributed by atoms with Gasteiger partial charge in [-0.25, -0.2) is 13.8 Å². The number of nitrogens with zero attached hydrogens (tertiary/aromatic N) is 4. The van der Waals surface area contributed by atoms with Crippen LogP contribution < -0.4 is 10.5 Å². The minimum atomic E-state index is -0.703. The first-order valence-electron chi connectivity index (χ1n) is 7.89. The van der Waals surface area contributed by atoms with E-state index < -0.39 is 17.5 Å². The summed E-state index contributed by atoms with van der Waals surface area (Å²) in [5.41, 5.74) is 6.53. The van der Waals surface area contributed by atoms with Crippen molar-refractivity contribution in [3.05, 3.63) is 53.2 Å². The molecule has 0 radical (unpaired) electrons. The van der Waals surface area contributed by atoms with Gasteiger partial charge in [-0.05, 0) is 25.1 Å². The molecule has 0 atom stereocenters. The van der Waals surface area contributed by atoms with Gasteiger partial charge in [0.05, 0.1) is 23.9 Å². The van der Waals surface area contributed by atoms with Crippen LogP contribution in [-0.4, -0.2) is 32.6 Å². The molecule has 0 aliphatic rings. The van der Waals surface area contributed by atoms with Gasteiger partial charge >= 0.3 is 0 Å². The van der Waals surface area contributed by atoms with E-state index in [0.29, 0.717) is 16.9 Å². The molecule has 2 aromatic carbocycles. The fourth-order valence-electron chi connectivity index (χ4n) is 2.94. The van der Waals surface area contributed by atoms with Gasteiger partial charge in [0.1, 0.15) is 22.9 Å². The summed E-state index contributed by atoms with van der Waals surface area (Å²) in [6, 6.07) is 6.45. The highest BCUT2D eigenvalue weighted by molar-refractivity contribution is 5.94. The number of rotatable bonds is 3. The minimum Gasteiger partial charge on any atom is -0.497 e. The molecule has 2 heterocycles. The number of benzene rings is 2. The SMILES string of the molecule is COc1cc(F)c2nnc3c(C)nc(-c4cc(C(N)=O)ccc4F)n3c2c1. The Morgan fingerprint density at radius 1 is 1.15 bits per heavy atom. The zero-order chi connectivity index (χ0) is 19.3. The number of aryl methyl sites for hydroxylation is 1. The highest BCUT2D eigenvalue weighted by atomic mass is 19.1. The van der Waals surface area contributed by atoms with Gasteiger partial charge < -0.3 is 10.5 Å². The van der Waals surface area contributed by atoms with Crippen molar-refractivity contribution < 1.29 is 18.3 Å². The number of primary amides is 1. The first-order valence-corrected chi connectivity index (χ1v) is 7.89. The highest BCUT2D eigenvalue weighted by Crippen LogP contribution is 2.30. The Kier molecular flexibility index (Phi) is 3.72. The van der Waals surface area contributed by atoms with Crippen LogP contribution in [0.15, 0.2) is 30.3 Å². The molecule has 0 fully saturated rings. The van der Waals surface area contributed by atoms with E-state index in [0.717, 1.165) is 6.07 Å². The number of amides is 1. The van der Waals surface area contributed by atoms with Crippen molar-refractivity contribution in [2.45, 2.75) is 6.92 Å². The summed E-state index contributed by atoms with van der Waals surface area (Å²) in [6.45, 7) is 1.67. The van der Waals surface area contributed by atoms with Gasteiger partial charge in [0.2, 0.25) is 5.91 Å². The topological polar surface area (TPSA) is 95.4 Å². The molecule has 27 heavy (non-hydrogen) atoms. The van der Waals surface area contributed by atoms with Gasteiger partial charge in [0, 0.05) is 17.7 Å². The van der Waals surface area contributed by atoms with E-state index in [2.05, 4.69) is 15.2 Å². The lowest BCUT2D eigenvalue weighted by atomic mass is 10.1. The number of carbonyl (C=O) groups is 1. The Hall–Kier alpha value is -3.62. The Bertz CT molecular complexity index is 1240. The number of nitrogens with two attached hydrogens (primary N) is 1. The second-order valence-corrected chi connectivity index (χ2v) is 5.92. The second kappa shape index (κ2) is 5.97. The molecule has 0 aliphatic carbocycles. The number of ether oxygens (including phenoxy) is 1. The Balaban J connectivity index is 2.15. The average Bonchev–Trinajstić information content (AvgIpc) is 2.98. The molecular formula is C18H13F2N5O2. The molecule has 7 nitrogen and oxygen atoms in total. The summed E-state index contributed by atoms with van der Waals surface area (Å²) in [5.74, 6) is -1.54. The summed E-state index contributed by atoms with van der Waals surface area (Å²) < 4.78 is 35.5. The van der Waals surface area contributed by atoms with E-state index >= 15 is 0 Å². The maximum absolute atomic E-state index is 14.5. The van der Waals surface area contributed by atoms with E-state index in [9.17, 15) is 13.6 Å². The van der Waals surface area contributed by atoms with E-state index in [4.69, 9.17) is 10.5 Å². The maximum Gasteiger partial charge on any atom is 0.248 e. The molecule has 0 spiro atoms. The molecular weight excluding hydrogens is 356 g/mol. The van der Waals surface area contributed by atoms with Gasteiger partial charge in [-0.2, -0.15) is 0 Å². The molecule has 0 bridgehead atoms. The molecule has 2 N–H and O–H groups in total. The van der Waals surface area contributed by atoms with Crippen molar-refractivity contribution in [3.8, 4) is 17.1 Å². The number of aromatic nitrogens is 4. The van der Waals surface area contributed by atoms with Gasteiger partial charge in [-0.3, -0.25) is 9.20 Å². The number of fused-ring (bicyclic) bond motifs is 3. The van der Waals surface area contributed by atoms with Gasteiger partial charge in [-0.1, -0.05) is 0 Å². The molecule has 4 aromatic rings. The smallest absolute Gasteiger partial charge is 0.248 e. The summed E-state index contributed by atoms with van der Waals surface area (Å²) in [7, 11) is 1.41. The Morgan fingerprint density at radius 2 is 1.93 bits per heavy atom. The molecule has 2 aromatic heterocycles. The number of hydrogen-bond donors (Lipinski definition) is 1. The van der Waals surface area contributed by atoms with Crippen LogP contribution in [0.2, 0.25) is 0 Å². The lowest BCUT2D eigenvalue weighted by molar-refractivity contribution is 0.100. The van der Waals surface area contributed by atoms with Crippen LogP contribution >= 0.6 is 0 Å². The van der Waals surface area contributed by atoms with Crippen LogP contribution in [-0.2, 0) is 0 Å². The van der Waals surface area contributed by atoms with Crippen molar-refractivity contribution in [2.75, 3.05) is 7.11 Å². The third-order valence-electron chi connectivity index (χ3n) is 4.25. The lowest BCUT2D eigenvalue weighted by Gasteiger charge is -2.09. The summed E-state index contributed by atoms with van der Waals surface area (Å²) in [4.78, 5) is 15.9. The third kappa shape index (κ3) is 2.55. The van der Waals surface area contributed by atoms with Crippen LogP contribution in [0.4, 0.5) is 8.78 Å². The first kappa shape index (κ1) is 16.8. The quantitative estimate of drug-likeness (QED) is 0.599. The highest BCUT2D eigenvalue weighted by Gasteiger charge is 2.20. The third-order valence-corrected chi connectivity index (χ3v) is 4.25. The van der Waals surface area contributed by atoms with Crippen LogP contribution in [0.1, 0.15) is 16.1 Å². The number of methoxy groups -OCH3 is 1. The molecule has 136 valence electrons.